The lowest BCUT2D eigenvalue weighted by Crippen LogP contribution is -2.25. The molecule has 104 valence electrons. The molecule has 1 N–H and O–H groups in total. The zero-order valence-corrected chi connectivity index (χ0v) is 11.4. The van der Waals surface area contributed by atoms with Crippen LogP contribution in [0.4, 0.5) is 5.69 Å². The highest BCUT2D eigenvalue weighted by Gasteiger charge is 2.20. The number of carboxylic acids is 1. The van der Waals surface area contributed by atoms with Crippen molar-refractivity contribution in [3.63, 3.8) is 0 Å². The van der Waals surface area contributed by atoms with E-state index in [-0.39, 0.29) is 16.8 Å². The van der Waals surface area contributed by atoms with Crippen molar-refractivity contribution in [2.75, 3.05) is 24.7 Å². The average Bonchev–Trinajstić information content (AvgIpc) is 2.35. The van der Waals surface area contributed by atoms with Gasteiger partial charge in [0, 0.05) is 7.05 Å². The molecule has 19 heavy (non-hydrogen) atoms. The molecule has 8 heteroatoms. The van der Waals surface area contributed by atoms with E-state index in [0.717, 1.165) is 23.7 Å². The number of anilines is 1. The average molecular weight is 287 g/mol. The molecule has 0 atom stereocenters. The van der Waals surface area contributed by atoms with Gasteiger partial charge in [0.05, 0.1) is 30.2 Å². The van der Waals surface area contributed by atoms with E-state index >= 15 is 0 Å². The summed E-state index contributed by atoms with van der Waals surface area (Å²) in [6.07, 6.45) is 0.988. The molecule has 1 rings (SSSR count). The third-order valence-electron chi connectivity index (χ3n) is 2.50. The van der Waals surface area contributed by atoms with Crippen LogP contribution in [0.3, 0.4) is 0 Å². The van der Waals surface area contributed by atoms with E-state index in [1.165, 1.54) is 19.2 Å². The second-order valence-corrected chi connectivity index (χ2v) is 5.77. The van der Waals surface area contributed by atoms with Gasteiger partial charge < -0.3 is 9.84 Å². The van der Waals surface area contributed by atoms with Crippen LogP contribution in [-0.4, -0.2) is 45.9 Å². The molecule has 0 aliphatic heterocycles. The zero-order chi connectivity index (χ0) is 14.8. The van der Waals surface area contributed by atoms with Gasteiger partial charge in [-0.15, -0.1) is 0 Å². The fourth-order valence-corrected chi connectivity index (χ4v) is 1.88. The Hall–Kier alpha value is -2.09. The molecule has 0 fully saturated rings. The minimum absolute atomic E-state index is 0.138. The second-order valence-electron chi connectivity index (χ2n) is 3.76. The maximum absolute atomic E-state index is 11.4. The van der Waals surface area contributed by atoms with Gasteiger partial charge in [0.1, 0.15) is 0 Å². The maximum Gasteiger partial charge on any atom is 0.338 e. The normalized spacial score (nSPS) is 10.9. The molecular formula is C11H13NO6S. The van der Waals surface area contributed by atoms with Crippen LogP contribution in [0.5, 0.6) is 0 Å². The summed E-state index contributed by atoms with van der Waals surface area (Å²) in [5.41, 5.74) is -0.312. The first-order chi connectivity index (χ1) is 8.68. The van der Waals surface area contributed by atoms with Gasteiger partial charge >= 0.3 is 11.9 Å². The van der Waals surface area contributed by atoms with Gasteiger partial charge in [0.15, 0.2) is 0 Å². The molecule has 0 aromatic heterocycles. The number of aromatic carboxylic acids is 1. The third kappa shape index (κ3) is 3.22. The summed E-state index contributed by atoms with van der Waals surface area (Å²) >= 11 is 0. The predicted octanol–water partition coefficient (Wildman–Crippen LogP) is 0.567. The number of hydrogen-bond donors (Lipinski definition) is 1. The summed E-state index contributed by atoms with van der Waals surface area (Å²) in [4.78, 5) is 22.5. The van der Waals surface area contributed by atoms with Crippen LogP contribution in [0, 0.1) is 0 Å². The van der Waals surface area contributed by atoms with Gasteiger partial charge in [0.2, 0.25) is 10.0 Å². The lowest BCUT2D eigenvalue weighted by Gasteiger charge is -2.17. The Morgan fingerprint density at radius 3 is 2.26 bits per heavy atom. The van der Waals surface area contributed by atoms with Gasteiger partial charge in [-0.2, -0.15) is 0 Å². The molecule has 1 aromatic rings. The van der Waals surface area contributed by atoms with Crippen molar-refractivity contribution >= 4 is 27.6 Å². The topological polar surface area (TPSA) is 101 Å². The van der Waals surface area contributed by atoms with Crippen LogP contribution < -0.4 is 4.31 Å². The van der Waals surface area contributed by atoms with Crippen molar-refractivity contribution in [3.05, 3.63) is 29.3 Å². The highest BCUT2D eigenvalue weighted by atomic mass is 32.2. The van der Waals surface area contributed by atoms with Crippen LogP contribution in [0.1, 0.15) is 20.7 Å². The van der Waals surface area contributed by atoms with E-state index in [1.54, 1.807) is 0 Å². The number of benzene rings is 1. The molecular weight excluding hydrogens is 274 g/mol. The number of hydrogen-bond acceptors (Lipinski definition) is 5. The first kappa shape index (κ1) is 15.0. The van der Waals surface area contributed by atoms with Gasteiger partial charge in [-0.05, 0) is 18.2 Å². The summed E-state index contributed by atoms with van der Waals surface area (Å²) in [5, 5.41) is 9.04. The molecule has 0 amide bonds. The number of ether oxygens (including phenoxy) is 1. The Morgan fingerprint density at radius 1 is 1.26 bits per heavy atom. The van der Waals surface area contributed by atoms with Crippen molar-refractivity contribution in [1.82, 2.24) is 0 Å². The highest BCUT2D eigenvalue weighted by Crippen LogP contribution is 2.21. The lowest BCUT2D eigenvalue weighted by molar-refractivity contribution is 0.0583. The molecule has 0 saturated heterocycles. The van der Waals surface area contributed by atoms with E-state index < -0.39 is 22.0 Å². The first-order valence-electron chi connectivity index (χ1n) is 5.08. The molecule has 0 heterocycles. The van der Waals surface area contributed by atoms with E-state index in [2.05, 4.69) is 4.74 Å². The molecule has 7 nitrogen and oxygen atoms in total. The maximum atomic E-state index is 11.4. The van der Waals surface area contributed by atoms with E-state index in [9.17, 15) is 18.0 Å². The number of rotatable bonds is 4. The van der Waals surface area contributed by atoms with Crippen molar-refractivity contribution in [3.8, 4) is 0 Å². The van der Waals surface area contributed by atoms with E-state index in [0.29, 0.717) is 0 Å². The molecule has 0 unspecified atom stereocenters. The summed E-state index contributed by atoms with van der Waals surface area (Å²) < 4.78 is 28.1. The second kappa shape index (κ2) is 5.27. The third-order valence-corrected chi connectivity index (χ3v) is 3.71. The van der Waals surface area contributed by atoms with Crippen LogP contribution in [-0.2, 0) is 14.8 Å². The molecule has 0 aliphatic carbocycles. The first-order valence-corrected chi connectivity index (χ1v) is 6.93. The van der Waals surface area contributed by atoms with Crippen LogP contribution in [0.15, 0.2) is 18.2 Å². The number of carbonyl (C=O) groups excluding carboxylic acids is 1. The zero-order valence-electron chi connectivity index (χ0n) is 10.6. The Kier molecular flexibility index (Phi) is 4.15. The van der Waals surface area contributed by atoms with Gasteiger partial charge in [-0.1, -0.05) is 0 Å². The number of methoxy groups -OCH3 is 1. The Morgan fingerprint density at radius 2 is 1.84 bits per heavy atom. The Bertz CT molecular complexity index is 622. The Balaban J connectivity index is 3.40. The van der Waals surface area contributed by atoms with Crippen molar-refractivity contribution in [2.45, 2.75) is 0 Å². The quantitative estimate of drug-likeness (QED) is 0.812. The van der Waals surface area contributed by atoms with Crippen molar-refractivity contribution < 1.29 is 27.9 Å². The molecule has 0 saturated carbocycles. The number of esters is 1. The number of sulfonamides is 1. The minimum atomic E-state index is -3.51. The fourth-order valence-electron chi connectivity index (χ4n) is 1.38. The van der Waals surface area contributed by atoms with E-state index in [1.807, 2.05) is 0 Å². The molecule has 0 radical (unpaired) electrons. The smallest absolute Gasteiger partial charge is 0.338 e. The van der Waals surface area contributed by atoms with E-state index in [4.69, 9.17) is 5.11 Å². The summed E-state index contributed by atoms with van der Waals surface area (Å²) in [6, 6.07) is 3.65. The predicted molar refractivity (Wildman–Crippen MR) is 68.0 cm³/mol. The summed E-state index contributed by atoms with van der Waals surface area (Å²) in [5.74, 6) is -2.14. The van der Waals surface area contributed by atoms with Crippen molar-refractivity contribution in [1.29, 1.82) is 0 Å². The van der Waals surface area contributed by atoms with Gasteiger partial charge in [-0.25, -0.2) is 18.0 Å². The number of nitrogens with zero attached hydrogens (tertiary/aromatic N) is 1. The fraction of sp³-hybridized carbons (Fsp3) is 0.273. The SMILES string of the molecule is COC(=O)c1ccc(N(C)S(C)(=O)=O)cc1C(=O)O. The van der Waals surface area contributed by atoms with Gasteiger partial charge in [0.25, 0.3) is 0 Å². The Labute approximate surface area is 110 Å². The monoisotopic (exact) mass is 287 g/mol. The molecule has 0 bridgehead atoms. The standard InChI is InChI=1S/C11H13NO6S/c1-12(19(3,16)17)7-4-5-8(11(15)18-2)9(6-7)10(13)14/h4-6H,1-3H3,(H,13,14). The lowest BCUT2D eigenvalue weighted by atomic mass is 10.1. The highest BCUT2D eigenvalue weighted by molar-refractivity contribution is 7.92. The van der Waals surface area contributed by atoms with Crippen molar-refractivity contribution in [2.24, 2.45) is 0 Å². The number of carboxylic acid groups (broad SMARTS) is 1. The van der Waals surface area contributed by atoms with Crippen LogP contribution in [0.25, 0.3) is 0 Å². The van der Waals surface area contributed by atoms with Crippen LogP contribution >= 0.6 is 0 Å². The minimum Gasteiger partial charge on any atom is -0.478 e. The van der Waals surface area contributed by atoms with Gasteiger partial charge in [-0.3, -0.25) is 4.31 Å². The summed E-state index contributed by atoms with van der Waals surface area (Å²) in [7, 11) is -1.10. The molecule has 0 spiro atoms. The number of carbonyl (C=O) groups is 2. The van der Waals surface area contributed by atoms with Crippen LogP contribution in [0.2, 0.25) is 0 Å². The molecule has 0 aliphatic rings. The largest absolute Gasteiger partial charge is 0.478 e. The summed E-state index contributed by atoms with van der Waals surface area (Å²) in [6.45, 7) is 0. The molecule has 1 aromatic carbocycles.